The summed E-state index contributed by atoms with van der Waals surface area (Å²) in [5.41, 5.74) is -0.147. The molecule has 1 N–H and O–H groups in total. The van der Waals surface area contributed by atoms with Gasteiger partial charge in [-0.2, -0.15) is 0 Å². The highest BCUT2D eigenvalue weighted by molar-refractivity contribution is 7.92. The molecule has 2 aliphatic rings. The van der Waals surface area contributed by atoms with Gasteiger partial charge in [-0.15, -0.1) is 0 Å². The van der Waals surface area contributed by atoms with E-state index >= 15 is 0 Å². The summed E-state index contributed by atoms with van der Waals surface area (Å²) in [5, 5.41) is 3.36. The van der Waals surface area contributed by atoms with Gasteiger partial charge in [0.25, 0.3) is 0 Å². The number of sulfone groups is 1. The Labute approximate surface area is 159 Å². The van der Waals surface area contributed by atoms with E-state index in [4.69, 9.17) is 9.73 Å². The average Bonchev–Trinajstić information content (AvgIpc) is 2.60. The maximum absolute atomic E-state index is 12.3. The van der Waals surface area contributed by atoms with Crippen LogP contribution in [0.1, 0.15) is 66.2 Å². The third kappa shape index (κ3) is 5.12. The van der Waals surface area contributed by atoms with Gasteiger partial charge in [0.05, 0.1) is 22.6 Å². The lowest BCUT2D eigenvalue weighted by molar-refractivity contribution is -0.0625. The fourth-order valence-electron chi connectivity index (χ4n) is 3.83. The molecular formula is C19H37N3O3S. The lowest BCUT2D eigenvalue weighted by Gasteiger charge is -2.40. The second kappa shape index (κ2) is 8.91. The van der Waals surface area contributed by atoms with Crippen LogP contribution in [0.3, 0.4) is 0 Å². The van der Waals surface area contributed by atoms with Crippen molar-refractivity contribution in [3.05, 3.63) is 0 Å². The van der Waals surface area contributed by atoms with E-state index in [-0.39, 0.29) is 11.4 Å². The molecule has 0 bridgehead atoms. The molecule has 0 radical (unpaired) electrons. The highest BCUT2D eigenvalue weighted by Gasteiger charge is 2.41. The number of hydrogen-bond acceptors (Lipinski definition) is 4. The van der Waals surface area contributed by atoms with E-state index in [1.165, 1.54) is 19.3 Å². The van der Waals surface area contributed by atoms with Gasteiger partial charge in [-0.05, 0) is 40.0 Å². The van der Waals surface area contributed by atoms with Crippen LogP contribution in [-0.2, 0) is 14.6 Å². The SMILES string of the molecule is CCCOC1(CN=C(NCC)N2CCS(=O)(=O)C(C)(C)C2)CCCCC1. The summed E-state index contributed by atoms with van der Waals surface area (Å²) in [7, 11) is -3.05. The number of nitrogens with one attached hydrogen (secondary N) is 1. The second-order valence-electron chi connectivity index (χ2n) is 8.26. The first-order chi connectivity index (χ1) is 12.3. The highest BCUT2D eigenvalue weighted by Crippen LogP contribution is 2.32. The minimum absolute atomic E-state index is 0.147. The summed E-state index contributed by atoms with van der Waals surface area (Å²) in [5.74, 6) is 1.00. The Kier molecular flexibility index (Phi) is 7.36. The molecule has 1 saturated heterocycles. The van der Waals surface area contributed by atoms with E-state index in [2.05, 4.69) is 17.1 Å². The Bertz CT molecular complexity index is 581. The minimum Gasteiger partial charge on any atom is -0.373 e. The van der Waals surface area contributed by atoms with Gasteiger partial charge < -0.3 is 15.0 Å². The van der Waals surface area contributed by atoms with Crippen molar-refractivity contribution in [1.82, 2.24) is 10.2 Å². The first kappa shape index (κ1) is 21.5. The summed E-state index contributed by atoms with van der Waals surface area (Å²) in [4.78, 5) is 7.01. The van der Waals surface area contributed by atoms with Crippen LogP contribution in [-0.4, -0.2) is 68.2 Å². The van der Waals surface area contributed by atoms with Crippen molar-refractivity contribution in [2.45, 2.75) is 76.6 Å². The van der Waals surface area contributed by atoms with E-state index in [1.54, 1.807) is 0 Å². The molecule has 1 saturated carbocycles. The molecule has 0 atom stereocenters. The summed E-state index contributed by atoms with van der Waals surface area (Å²) in [6.45, 7) is 11.0. The van der Waals surface area contributed by atoms with Gasteiger partial charge in [-0.25, -0.2) is 8.42 Å². The Morgan fingerprint density at radius 1 is 1.19 bits per heavy atom. The zero-order valence-corrected chi connectivity index (χ0v) is 17.8. The number of aliphatic imine (C=N–C) groups is 1. The van der Waals surface area contributed by atoms with E-state index in [0.29, 0.717) is 19.6 Å². The molecule has 0 aromatic rings. The molecule has 2 rings (SSSR count). The largest absolute Gasteiger partial charge is 0.373 e. The number of ether oxygens (including phenoxy) is 1. The van der Waals surface area contributed by atoms with Crippen LogP contribution in [0.25, 0.3) is 0 Å². The van der Waals surface area contributed by atoms with Crippen molar-refractivity contribution < 1.29 is 13.2 Å². The van der Waals surface area contributed by atoms with Crippen LogP contribution in [0.5, 0.6) is 0 Å². The Morgan fingerprint density at radius 2 is 1.88 bits per heavy atom. The molecule has 1 heterocycles. The van der Waals surface area contributed by atoms with E-state index in [9.17, 15) is 8.42 Å². The fraction of sp³-hybridized carbons (Fsp3) is 0.947. The second-order valence-corrected chi connectivity index (χ2v) is 11.0. The summed E-state index contributed by atoms with van der Waals surface area (Å²) in [6, 6.07) is 0. The van der Waals surface area contributed by atoms with Gasteiger partial charge in [0.1, 0.15) is 0 Å². The van der Waals surface area contributed by atoms with Gasteiger partial charge >= 0.3 is 0 Å². The topological polar surface area (TPSA) is 71.0 Å². The van der Waals surface area contributed by atoms with E-state index < -0.39 is 14.6 Å². The van der Waals surface area contributed by atoms with Gasteiger partial charge in [0.2, 0.25) is 0 Å². The van der Waals surface area contributed by atoms with Crippen LogP contribution in [0.15, 0.2) is 4.99 Å². The maximum Gasteiger partial charge on any atom is 0.194 e. The van der Waals surface area contributed by atoms with Gasteiger partial charge in [0.15, 0.2) is 15.8 Å². The smallest absolute Gasteiger partial charge is 0.194 e. The monoisotopic (exact) mass is 387 g/mol. The van der Waals surface area contributed by atoms with Crippen molar-refractivity contribution in [1.29, 1.82) is 0 Å². The predicted molar refractivity (Wildman–Crippen MR) is 107 cm³/mol. The van der Waals surface area contributed by atoms with Crippen LogP contribution in [0.4, 0.5) is 0 Å². The molecule has 0 unspecified atom stereocenters. The van der Waals surface area contributed by atoms with Crippen molar-refractivity contribution in [2.75, 3.05) is 38.5 Å². The van der Waals surface area contributed by atoms with E-state index in [1.807, 2.05) is 20.8 Å². The molecule has 0 aromatic heterocycles. The molecule has 2 fully saturated rings. The van der Waals surface area contributed by atoms with Crippen molar-refractivity contribution in [3.8, 4) is 0 Å². The number of guanidine groups is 1. The molecule has 0 amide bonds. The maximum atomic E-state index is 12.3. The zero-order valence-electron chi connectivity index (χ0n) is 17.0. The molecule has 152 valence electrons. The van der Waals surface area contributed by atoms with Crippen LogP contribution in [0, 0.1) is 0 Å². The average molecular weight is 388 g/mol. The van der Waals surface area contributed by atoms with Gasteiger partial charge in [0, 0.05) is 26.2 Å². The first-order valence-corrected chi connectivity index (χ1v) is 11.8. The Morgan fingerprint density at radius 3 is 2.46 bits per heavy atom. The van der Waals surface area contributed by atoms with Crippen molar-refractivity contribution >= 4 is 15.8 Å². The number of hydrogen-bond donors (Lipinski definition) is 1. The highest BCUT2D eigenvalue weighted by atomic mass is 32.2. The minimum atomic E-state index is -3.05. The molecule has 0 aromatic carbocycles. The quantitative estimate of drug-likeness (QED) is 0.560. The van der Waals surface area contributed by atoms with E-state index in [0.717, 1.165) is 38.4 Å². The molecular weight excluding hydrogens is 350 g/mol. The van der Waals surface area contributed by atoms with Gasteiger partial charge in [-0.1, -0.05) is 26.2 Å². The third-order valence-electron chi connectivity index (χ3n) is 5.57. The molecule has 26 heavy (non-hydrogen) atoms. The van der Waals surface area contributed by atoms with Crippen LogP contribution < -0.4 is 5.32 Å². The molecule has 6 nitrogen and oxygen atoms in total. The summed E-state index contributed by atoms with van der Waals surface area (Å²) >= 11 is 0. The summed E-state index contributed by atoms with van der Waals surface area (Å²) in [6.07, 6.45) is 6.82. The first-order valence-electron chi connectivity index (χ1n) is 10.1. The van der Waals surface area contributed by atoms with Crippen molar-refractivity contribution in [3.63, 3.8) is 0 Å². The lowest BCUT2D eigenvalue weighted by Crippen LogP contribution is -2.57. The predicted octanol–water partition coefficient (Wildman–Crippen LogP) is 2.59. The van der Waals surface area contributed by atoms with Crippen LogP contribution >= 0.6 is 0 Å². The molecule has 0 spiro atoms. The number of rotatable bonds is 6. The lowest BCUT2D eigenvalue weighted by atomic mass is 9.84. The van der Waals surface area contributed by atoms with Gasteiger partial charge in [-0.3, -0.25) is 4.99 Å². The Balaban J connectivity index is 2.14. The molecule has 7 heteroatoms. The normalized spacial score (nSPS) is 25.1. The Hall–Kier alpha value is -0.820. The third-order valence-corrected chi connectivity index (χ3v) is 8.11. The fourth-order valence-corrected chi connectivity index (χ4v) is 5.20. The van der Waals surface area contributed by atoms with Crippen LogP contribution in [0.2, 0.25) is 0 Å². The standard InChI is InChI=1S/C19H37N3O3S/c1-5-13-25-19(10-8-7-9-11-19)15-21-17(20-6-2)22-12-14-26(23,24)18(3,4)16-22/h5-16H2,1-4H3,(H,20,21). The molecule has 1 aliphatic carbocycles. The zero-order chi connectivity index (χ0) is 19.3. The summed E-state index contributed by atoms with van der Waals surface area (Å²) < 4.78 is 30.1. The number of nitrogens with zero attached hydrogens (tertiary/aromatic N) is 2. The van der Waals surface area contributed by atoms with Crippen molar-refractivity contribution in [2.24, 2.45) is 4.99 Å². The molecule has 1 aliphatic heterocycles.